The van der Waals surface area contributed by atoms with Gasteiger partial charge in [0.2, 0.25) is 0 Å². The molecule has 0 aromatic heterocycles. The molecule has 1 aliphatic carbocycles. The molecule has 0 spiro atoms. The highest BCUT2D eigenvalue weighted by atomic mass is 14.2. The van der Waals surface area contributed by atoms with E-state index in [-0.39, 0.29) is 0 Å². The second-order valence-corrected chi connectivity index (χ2v) is 4.09. The molecular formula is C10H15. The lowest BCUT2D eigenvalue weighted by Gasteiger charge is -2.20. The van der Waals surface area contributed by atoms with Crippen molar-refractivity contribution in [2.75, 3.05) is 0 Å². The predicted octanol–water partition coefficient (Wildman–Crippen LogP) is 2.97. The van der Waals surface area contributed by atoms with Gasteiger partial charge in [-0.05, 0) is 17.9 Å². The predicted molar refractivity (Wildman–Crippen MR) is 44.5 cm³/mol. The maximum Gasteiger partial charge on any atom is 0.00290 e. The Morgan fingerprint density at radius 3 is 2.50 bits per heavy atom. The van der Waals surface area contributed by atoms with Crippen LogP contribution in [0.3, 0.4) is 0 Å². The van der Waals surface area contributed by atoms with E-state index in [1.54, 1.807) is 0 Å². The molecule has 0 aromatic carbocycles. The molecule has 0 nitrogen and oxygen atoms in total. The highest BCUT2D eigenvalue weighted by molar-refractivity contribution is 5.13. The third-order valence-corrected chi connectivity index (χ3v) is 1.58. The summed E-state index contributed by atoms with van der Waals surface area (Å²) in [6.45, 7) is 6.79. The van der Waals surface area contributed by atoms with Crippen molar-refractivity contribution in [3.8, 4) is 0 Å². The smallest absolute Gasteiger partial charge is 0.00290 e. The van der Waals surface area contributed by atoms with Gasteiger partial charge in [-0.1, -0.05) is 39.0 Å². The minimum Gasteiger partial charge on any atom is -0.0770 e. The van der Waals surface area contributed by atoms with Crippen LogP contribution in [0, 0.1) is 17.4 Å². The van der Waals surface area contributed by atoms with E-state index in [1.807, 2.05) is 6.08 Å². The van der Waals surface area contributed by atoms with E-state index in [9.17, 15) is 0 Å². The summed E-state index contributed by atoms with van der Waals surface area (Å²) in [5.74, 6) is 0.569. The van der Waals surface area contributed by atoms with Crippen molar-refractivity contribution >= 4 is 0 Å². The van der Waals surface area contributed by atoms with E-state index in [4.69, 9.17) is 0 Å². The van der Waals surface area contributed by atoms with Crippen molar-refractivity contribution < 1.29 is 0 Å². The monoisotopic (exact) mass is 135 g/mol. The van der Waals surface area contributed by atoms with Crippen molar-refractivity contribution in [1.82, 2.24) is 0 Å². The van der Waals surface area contributed by atoms with Crippen LogP contribution in [0.1, 0.15) is 27.2 Å². The summed E-state index contributed by atoms with van der Waals surface area (Å²) in [6.07, 6.45) is 10.8. The van der Waals surface area contributed by atoms with Crippen LogP contribution in [0.15, 0.2) is 18.2 Å². The topological polar surface area (TPSA) is 0 Å². The Labute approximate surface area is 63.6 Å². The molecule has 0 amide bonds. The van der Waals surface area contributed by atoms with Crippen molar-refractivity contribution in [1.29, 1.82) is 0 Å². The Balaban J connectivity index is 2.40. The Kier molecular flexibility index (Phi) is 1.98. The average molecular weight is 135 g/mol. The van der Waals surface area contributed by atoms with E-state index in [2.05, 4.69) is 39.0 Å². The highest BCUT2D eigenvalue weighted by Gasteiger charge is 2.15. The summed E-state index contributed by atoms with van der Waals surface area (Å²) >= 11 is 0. The Morgan fingerprint density at radius 1 is 1.40 bits per heavy atom. The van der Waals surface area contributed by atoms with Gasteiger partial charge in [0, 0.05) is 5.92 Å². The summed E-state index contributed by atoms with van der Waals surface area (Å²) < 4.78 is 0. The van der Waals surface area contributed by atoms with Crippen LogP contribution >= 0.6 is 0 Å². The zero-order chi connectivity index (χ0) is 7.61. The quantitative estimate of drug-likeness (QED) is 0.518. The average Bonchev–Trinajstić information content (AvgIpc) is 2.12. The second kappa shape index (κ2) is 2.61. The molecule has 10 heavy (non-hydrogen) atoms. The van der Waals surface area contributed by atoms with Gasteiger partial charge in [0.25, 0.3) is 0 Å². The zero-order valence-corrected chi connectivity index (χ0v) is 7.02. The van der Waals surface area contributed by atoms with Crippen LogP contribution < -0.4 is 0 Å². The molecule has 0 saturated heterocycles. The van der Waals surface area contributed by atoms with Crippen LogP contribution in [0.25, 0.3) is 0 Å². The van der Waals surface area contributed by atoms with Crippen LogP contribution in [0.5, 0.6) is 0 Å². The van der Waals surface area contributed by atoms with Crippen LogP contribution in [0.2, 0.25) is 0 Å². The first-order valence-electron chi connectivity index (χ1n) is 3.84. The van der Waals surface area contributed by atoms with E-state index in [0.29, 0.717) is 11.3 Å². The van der Waals surface area contributed by atoms with Crippen molar-refractivity contribution in [2.45, 2.75) is 27.2 Å². The van der Waals surface area contributed by atoms with Crippen LogP contribution in [-0.4, -0.2) is 0 Å². The molecule has 1 atom stereocenters. The normalized spacial score (nSPS) is 18.7. The van der Waals surface area contributed by atoms with Crippen LogP contribution in [-0.2, 0) is 0 Å². The van der Waals surface area contributed by atoms with Crippen molar-refractivity contribution in [3.05, 3.63) is 24.3 Å². The largest absolute Gasteiger partial charge is 0.0770 e. The summed E-state index contributed by atoms with van der Waals surface area (Å²) in [5, 5.41) is 0. The lowest BCUT2D eigenvalue weighted by Crippen LogP contribution is -2.09. The summed E-state index contributed by atoms with van der Waals surface area (Å²) in [6, 6.07) is 0. The molecule has 1 rings (SSSR count). The fourth-order valence-electron chi connectivity index (χ4n) is 1.21. The molecule has 0 aromatic rings. The first-order chi connectivity index (χ1) is 4.58. The Hall–Kier alpha value is -0.520. The van der Waals surface area contributed by atoms with Crippen LogP contribution in [0.4, 0.5) is 0 Å². The molecule has 0 saturated carbocycles. The molecule has 1 radical (unpaired) electrons. The molecule has 55 valence electrons. The summed E-state index contributed by atoms with van der Waals surface area (Å²) in [4.78, 5) is 0. The summed E-state index contributed by atoms with van der Waals surface area (Å²) in [7, 11) is 0. The lowest BCUT2D eigenvalue weighted by atomic mass is 9.85. The molecule has 0 heteroatoms. The maximum absolute atomic E-state index is 3.28. The standard InChI is InChI=1S/C10H15/c1-10(2,3)8-9-6-4-5-7-9/h4-6,9H,8H2,1-3H3. The van der Waals surface area contributed by atoms with Gasteiger partial charge in [-0.25, -0.2) is 0 Å². The molecule has 0 heterocycles. The molecule has 1 unspecified atom stereocenters. The molecule has 0 aliphatic heterocycles. The zero-order valence-electron chi connectivity index (χ0n) is 7.02. The van der Waals surface area contributed by atoms with Gasteiger partial charge < -0.3 is 0 Å². The number of rotatable bonds is 1. The Bertz CT molecular complexity index is 143. The SMILES string of the molecule is CC(C)(C)CC1[C]=CC=C1. The van der Waals surface area contributed by atoms with E-state index >= 15 is 0 Å². The molecule has 0 bridgehead atoms. The third kappa shape index (κ3) is 2.38. The van der Waals surface area contributed by atoms with E-state index < -0.39 is 0 Å². The lowest BCUT2D eigenvalue weighted by molar-refractivity contribution is 0.349. The van der Waals surface area contributed by atoms with E-state index in [0.717, 1.165) is 0 Å². The first-order valence-corrected chi connectivity index (χ1v) is 3.84. The van der Waals surface area contributed by atoms with Gasteiger partial charge in [0.05, 0.1) is 0 Å². The third-order valence-electron chi connectivity index (χ3n) is 1.58. The number of allylic oxidation sites excluding steroid dienone is 4. The molecular weight excluding hydrogens is 120 g/mol. The van der Waals surface area contributed by atoms with E-state index in [1.165, 1.54) is 6.42 Å². The first kappa shape index (κ1) is 7.59. The molecule has 1 aliphatic rings. The Morgan fingerprint density at radius 2 is 2.10 bits per heavy atom. The second-order valence-electron chi connectivity index (χ2n) is 4.09. The summed E-state index contributed by atoms with van der Waals surface area (Å²) in [5.41, 5.74) is 0.431. The molecule has 0 fully saturated rings. The fourth-order valence-corrected chi connectivity index (χ4v) is 1.21. The minimum absolute atomic E-state index is 0.431. The number of hydrogen-bond donors (Lipinski definition) is 0. The van der Waals surface area contributed by atoms with Gasteiger partial charge in [-0.3, -0.25) is 0 Å². The fraction of sp³-hybridized carbons (Fsp3) is 0.600. The minimum atomic E-state index is 0.431. The maximum atomic E-state index is 3.28. The van der Waals surface area contributed by atoms with Gasteiger partial charge in [-0.15, -0.1) is 0 Å². The van der Waals surface area contributed by atoms with Gasteiger partial charge >= 0.3 is 0 Å². The number of hydrogen-bond acceptors (Lipinski definition) is 0. The van der Waals surface area contributed by atoms with Gasteiger partial charge in [-0.2, -0.15) is 0 Å². The van der Waals surface area contributed by atoms with Crippen molar-refractivity contribution in [3.63, 3.8) is 0 Å². The highest BCUT2D eigenvalue weighted by Crippen LogP contribution is 2.27. The van der Waals surface area contributed by atoms with Crippen molar-refractivity contribution in [2.24, 2.45) is 11.3 Å². The van der Waals surface area contributed by atoms with Gasteiger partial charge in [0.1, 0.15) is 0 Å². The van der Waals surface area contributed by atoms with Gasteiger partial charge in [0.15, 0.2) is 0 Å². The molecule has 0 N–H and O–H groups in total.